The van der Waals surface area contributed by atoms with Crippen LogP contribution in [0.4, 0.5) is 0 Å². The molecule has 0 atom stereocenters. The van der Waals surface area contributed by atoms with Gasteiger partial charge in [-0.3, -0.25) is 0 Å². The Bertz CT molecular complexity index is 113. The molecular weight excluding hydrogens is 162 g/mol. The Morgan fingerprint density at radius 2 is 2.15 bits per heavy atom. The topological polar surface area (TPSA) is 21.3 Å². The highest BCUT2D eigenvalue weighted by molar-refractivity contribution is 4.67. The molecule has 0 heterocycles. The molecule has 0 saturated heterocycles. The van der Waals surface area contributed by atoms with E-state index in [4.69, 9.17) is 4.74 Å². The first-order valence-corrected chi connectivity index (χ1v) is 5.16. The van der Waals surface area contributed by atoms with Crippen LogP contribution in [0.15, 0.2) is 12.7 Å². The van der Waals surface area contributed by atoms with E-state index in [-0.39, 0.29) is 0 Å². The maximum Gasteiger partial charge on any atom is 0.0489 e. The Kier molecular flexibility index (Phi) is 9.49. The SMILES string of the molecule is C=CCCNCCCOCC(C)C. The molecule has 0 fully saturated rings. The predicted molar refractivity (Wildman–Crippen MR) is 58.0 cm³/mol. The highest BCUT2D eigenvalue weighted by Crippen LogP contribution is 1.92. The molecule has 1 N–H and O–H groups in total. The van der Waals surface area contributed by atoms with Crippen LogP contribution in [0.5, 0.6) is 0 Å². The zero-order valence-corrected chi connectivity index (χ0v) is 9.01. The monoisotopic (exact) mass is 185 g/mol. The summed E-state index contributed by atoms with van der Waals surface area (Å²) >= 11 is 0. The summed E-state index contributed by atoms with van der Waals surface area (Å²) in [5.41, 5.74) is 0. The van der Waals surface area contributed by atoms with Gasteiger partial charge in [-0.1, -0.05) is 19.9 Å². The normalized spacial score (nSPS) is 10.7. The van der Waals surface area contributed by atoms with Gasteiger partial charge in [-0.25, -0.2) is 0 Å². The van der Waals surface area contributed by atoms with Gasteiger partial charge in [-0.15, -0.1) is 6.58 Å². The Morgan fingerprint density at radius 3 is 2.77 bits per heavy atom. The van der Waals surface area contributed by atoms with E-state index in [2.05, 4.69) is 25.7 Å². The van der Waals surface area contributed by atoms with Crippen LogP contribution in [0.2, 0.25) is 0 Å². The molecule has 0 amide bonds. The van der Waals surface area contributed by atoms with Crippen molar-refractivity contribution in [1.29, 1.82) is 0 Å². The molecule has 0 aliphatic carbocycles. The summed E-state index contributed by atoms with van der Waals surface area (Å²) in [6.07, 6.45) is 4.08. The highest BCUT2D eigenvalue weighted by Gasteiger charge is 1.92. The third kappa shape index (κ3) is 11.7. The average Bonchev–Trinajstić information content (AvgIpc) is 2.09. The molecule has 0 aromatic carbocycles. The van der Waals surface area contributed by atoms with E-state index >= 15 is 0 Å². The number of rotatable bonds is 9. The molecule has 0 spiro atoms. The maximum absolute atomic E-state index is 5.44. The lowest BCUT2D eigenvalue weighted by atomic mass is 10.2. The molecule has 78 valence electrons. The minimum atomic E-state index is 0.647. The molecule has 2 nitrogen and oxygen atoms in total. The van der Waals surface area contributed by atoms with Crippen LogP contribution in [-0.2, 0) is 4.74 Å². The van der Waals surface area contributed by atoms with Gasteiger partial charge in [-0.05, 0) is 31.8 Å². The quantitative estimate of drug-likeness (QED) is 0.439. The van der Waals surface area contributed by atoms with E-state index in [1.165, 1.54) is 0 Å². The molecule has 0 aliphatic heterocycles. The van der Waals surface area contributed by atoms with E-state index in [9.17, 15) is 0 Å². The van der Waals surface area contributed by atoms with Gasteiger partial charge in [0.2, 0.25) is 0 Å². The third-order valence-corrected chi connectivity index (χ3v) is 1.62. The number of ether oxygens (including phenoxy) is 1. The molecule has 0 rings (SSSR count). The Balaban J connectivity index is 2.87. The first-order valence-electron chi connectivity index (χ1n) is 5.16. The smallest absolute Gasteiger partial charge is 0.0489 e. The van der Waals surface area contributed by atoms with Crippen LogP contribution >= 0.6 is 0 Å². The molecule has 13 heavy (non-hydrogen) atoms. The second-order valence-corrected chi connectivity index (χ2v) is 3.65. The number of hydrogen-bond donors (Lipinski definition) is 1. The molecular formula is C11H23NO. The fraction of sp³-hybridized carbons (Fsp3) is 0.818. The van der Waals surface area contributed by atoms with Gasteiger partial charge in [0, 0.05) is 13.2 Å². The summed E-state index contributed by atoms with van der Waals surface area (Å²) in [4.78, 5) is 0. The fourth-order valence-corrected chi connectivity index (χ4v) is 0.947. The fourth-order valence-electron chi connectivity index (χ4n) is 0.947. The van der Waals surface area contributed by atoms with Crippen molar-refractivity contribution in [3.63, 3.8) is 0 Å². The van der Waals surface area contributed by atoms with Crippen molar-refractivity contribution in [3.8, 4) is 0 Å². The van der Waals surface area contributed by atoms with Crippen LogP contribution in [0.25, 0.3) is 0 Å². The Labute approximate surface area is 82.4 Å². The van der Waals surface area contributed by atoms with Gasteiger partial charge in [0.25, 0.3) is 0 Å². The first-order chi connectivity index (χ1) is 6.27. The average molecular weight is 185 g/mol. The van der Waals surface area contributed by atoms with E-state index < -0.39 is 0 Å². The number of nitrogens with one attached hydrogen (secondary N) is 1. The highest BCUT2D eigenvalue weighted by atomic mass is 16.5. The van der Waals surface area contributed by atoms with Crippen molar-refractivity contribution >= 4 is 0 Å². The largest absolute Gasteiger partial charge is 0.381 e. The zero-order chi connectivity index (χ0) is 9.94. The van der Waals surface area contributed by atoms with Crippen LogP contribution in [-0.4, -0.2) is 26.3 Å². The lowest BCUT2D eigenvalue weighted by Crippen LogP contribution is -2.18. The van der Waals surface area contributed by atoms with E-state index in [0.717, 1.165) is 39.1 Å². The van der Waals surface area contributed by atoms with Gasteiger partial charge >= 0.3 is 0 Å². The van der Waals surface area contributed by atoms with E-state index in [1.807, 2.05) is 6.08 Å². The van der Waals surface area contributed by atoms with Gasteiger partial charge < -0.3 is 10.1 Å². The zero-order valence-electron chi connectivity index (χ0n) is 9.01. The van der Waals surface area contributed by atoms with Crippen LogP contribution in [0, 0.1) is 5.92 Å². The second kappa shape index (κ2) is 9.75. The van der Waals surface area contributed by atoms with Crippen LogP contribution in [0.3, 0.4) is 0 Å². The van der Waals surface area contributed by atoms with E-state index in [1.54, 1.807) is 0 Å². The molecule has 0 unspecified atom stereocenters. The molecule has 0 aromatic rings. The molecule has 0 bridgehead atoms. The van der Waals surface area contributed by atoms with Crippen molar-refractivity contribution < 1.29 is 4.74 Å². The lowest BCUT2D eigenvalue weighted by molar-refractivity contribution is 0.108. The summed E-state index contributed by atoms with van der Waals surface area (Å²) in [5.74, 6) is 0.647. The molecule has 0 saturated carbocycles. The predicted octanol–water partition coefficient (Wildman–Crippen LogP) is 2.21. The Morgan fingerprint density at radius 1 is 1.38 bits per heavy atom. The standard InChI is InChI=1S/C11H23NO/c1-4-5-7-12-8-6-9-13-10-11(2)3/h4,11-12H,1,5-10H2,2-3H3. The molecule has 0 radical (unpaired) electrons. The molecule has 0 aliphatic rings. The minimum Gasteiger partial charge on any atom is -0.381 e. The van der Waals surface area contributed by atoms with Crippen molar-refractivity contribution in [1.82, 2.24) is 5.32 Å². The minimum absolute atomic E-state index is 0.647. The summed E-state index contributed by atoms with van der Waals surface area (Å²) in [7, 11) is 0. The van der Waals surface area contributed by atoms with E-state index in [0.29, 0.717) is 5.92 Å². The molecule has 0 aromatic heterocycles. The van der Waals surface area contributed by atoms with Crippen molar-refractivity contribution in [2.75, 3.05) is 26.3 Å². The lowest BCUT2D eigenvalue weighted by Gasteiger charge is -2.06. The molecule has 2 heteroatoms. The van der Waals surface area contributed by atoms with Crippen LogP contribution < -0.4 is 5.32 Å². The number of hydrogen-bond acceptors (Lipinski definition) is 2. The first kappa shape index (κ1) is 12.7. The van der Waals surface area contributed by atoms with Crippen molar-refractivity contribution in [2.24, 2.45) is 5.92 Å². The summed E-state index contributed by atoms with van der Waals surface area (Å²) < 4.78 is 5.44. The second-order valence-electron chi connectivity index (χ2n) is 3.65. The van der Waals surface area contributed by atoms with Gasteiger partial charge in [0.15, 0.2) is 0 Å². The third-order valence-electron chi connectivity index (χ3n) is 1.62. The summed E-state index contributed by atoms with van der Waals surface area (Å²) in [5, 5.41) is 3.32. The summed E-state index contributed by atoms with van der Waals surface area (Å²) in [6.45, 7) is 11.8. The van der Waals surface area contributed by atoms with Crippen LogP contribution in [0.1, 0.15) is 26.7 Å². The Hall–Kier alpha value is -0.340. The maximum atomic E-state index is 5.44. The van der Waals surface area contributed by atoms with Gasteiger partial charge in [-0.2, -0.15) is 0 Å². The van der Waals surface area contributed by atoms with Gasteiger partial charge in [0.1, 0.15) is 0 Å². The van der Waals surface area contributed by atoms with Gasteiger partial charge in [0.05, 0.1) is 0 Å². The van der Waals surface area contributed by atoms with Crippen molar-refractivity contribution in [3.05, 3.63) is 12.7 Å². The summed E-state index contributed by atoms with van der Waals surface area (Å²) in [6, 6.07) is 0. The van der Waals surface area contributed by atoms with Crippen molar-refractivity contribution in [2.45, 2.75) is 26.7 Å².